The van der Waals surface area contributed by atoms with Crippen LogP contribution in [0.5, 0.6) is 5.75 Å². The second-order valence-electron chi connectivity index (χ2n) is 8.77. The molecule has 1 aliphatic heterocycles. The first kappa shape index (κ1) is 20.8. The molecule has 1 saturated carbocycles. The Morgan fingerprint density at radius 2 is 1.70 bits per heavy atom. The lowest BCUT2D eigenvalue weighted by molar-refractivity contribution is -0.122. The number of hydrogen-bond donors (Lipinski definition) is 1. The highest BCUT2D eigenvalue weighted by Gasteiger charge is 2.30. The Morgan fingerprint density at radius 1 is 1.03 bits per heavy atom. The topological polar surface area (TPSA) is 41.6 Å². The molecular formula is C26H34N2O2. The highest BCUT2D eigenvalue weighted by Crippen LogP contribution is 2.32. The lowest BCUT2D eigenvalue weighted by Gasteiger charge is -2.34. The molecule has 4 rings (SSSR count). The van der Waals surface area contributed by atoms with Gasteiger partial charge in [-0.2, -0.15) is 0 Å². The van der Waals surface area contributed by atoms with Crippen LogP contribution in [0.3, 0.4) is 0 Å². The lowest BCUT2D eigenvalue weighted by Crippen LogP contribution is -2.32. The van der Waals surface area contributed by atoms with Gasteiger partial charge in [-0.05, 0) is 80.3 Å². The van der Waals surface area contributed by atoms with Gasteiger partial charge in [0, 0.05) is 24.7 Å². The van der Waals surface area contributed by atoms with Crippen LogP contribution in [-0.2, 0) is 4.79 Å². The third-order valence-electron chi connectivity index (χ3n) is 6.38. The molecule has 2 fully saturated rings. The molecule has 4 heteroatoms. The number of hydrogen-bond acceptors (Lipinski definition) is 3. The Balaban J connectivity index is 1.28. The van der Waals surface area contributed by atoms with Crippen molar-refractivity contribution in [2.75, 3.05) is 24.6 Å². The number of benzene rings is 2. The van der Waals surface area contributed by atoms with Crippen molar-refractivity contribution in [2.45, 2.75) is 57.9 Å². The number of carbonyl (C=O) groups excluding carboxylic acids is 1. The fourth-order valence-electron chi connectivity index (χ4n) is 4.26. The number of rotatable bonds is 8. The number of nitrogens with one attached hydrogen (secondary N) is 1. The Morgan fingerprint density at radius 3 is 2.30 bits per heavy atom. The van der Waals surface area contributed by atoms with Crippen LogP contribution in [0.2, 0.25) is 0 Å². The van der Waals surface area contributed by atoms with Gasteiger partial charge in [-0.1, -0.05) is 31.2 Å². The first-order chi connectivity index (χ1) is 14.6. The summed E-state index contributed by atoms with van der Waals surface area (Å²) in [5, 5.41) is 3.14. The van der Waals surface area contributed by atoms with Crippen LogP contribution >= 0.6 is 0 Å². The van der Waals surface area contributed by atoms with Crippen molar-refractivity contribution >= 4 is 11.6 Å². The summed E-state index contributed by atoms with van der Waals surface area (Å²) in [5.41, 5.74) is 3.89. The van der Waals surface area contributed by atoms with Gasteiger partial charge in [0.1, 0.15) is 5.75 Å². The lowest BCUT2D eigenvalue weighted by atomic mass is 9.88. The number of amides is 1. The summed E-state index contributed by atoms with van der Waals surface area (Å²) in [5.74, 6) is 2.04. The Labute approximate surface area is 180 Å². The zero-order valence-corrected chi connectivity index (χ0v) is 18.3. The third kappa shape index (κ3) is 5.16. The molecule has 4 nitrogen and oxygen atoms in total. The fraction of sp³-hybridized carbons (Fsp3) is 0.500. The Kier molecular flexibility index (Phi) is 6.61. The number of carbonyl (C=O) groups is 1. The number of nitrogens with zero attached hydrogens (tertiary/aromatic N) is 1. The maximum Gasteiger partial charge on any atom is 0.223 e. The smallest absolute Gasteiger partial charge is 0.223 e. The first-order valence-electron chi connectivity index (χ1n) is 11.5. The summed E-state index contributed by atoms with van der Waals surface area (Å²) in [4.78, 5) is 14.5. The van der Waals surface area contributed by atoms with E-state index >= 15 is 0 Å². The largest absolute Gasteiger partial charge is 0.494 e. The van der Waals surface area contributed by atoms with Gasteiger partial charge in [0.05, 0.1) is 12.6 Å². The average molecular weight is 407 g/mol. The quantitative estimate of drug-likeness (QED) is 0.634. The number of piperidine rings is 1. The second kappa shape index (κ2) is 9.55. The predicted octanol–water partition coefficient (Wildman–Crippen LogP) is 5.45. The molecular weight excluding hydrogens is 372 g/mol. The standard InChI is InChI=1S/C26H34N2O2/c1-3-18-30-25-12-10-24(11-13-25)28-16-14-22(15-17-28)21-6-4-20(5-7-21)19(2)27-26(29)23-8-9-23/h4-7,10-13,19,22-23H,3,8-9,14-18H2,1-2H3,(H,27,29)/t19-/m0/s1. The highest BCUT2D eigenvalue weighted by atomic mass is 16.5. The SMILES string of the molecule is CCCOc1ccc(N2CCC(c3ccc([C@H](C)NC(=O)C4CC4)cc3)CC2)cc1. The normalized spacial score (nSPS) is 18.1. The molecule has 0 aromatic heterocycles. The molecule has 1 aliphatic carbocycles. The summed E-state index contributed by atoms with van der Waals surface area (Å²) in [6, 6.07) is 17.5. The van der Waals surface area contributed by atoms with E-state index < -0.39 is 0 Å². The molecule has 0 spiro atoms. The molecule has 1 saturated heterocycles. The van der Waals surface area contributed by atoms with Gasteiger partial charge in [0.15, 0.2) is 0 Å². The maximum absolute atomic E-state index is 12.0. The second-order valence-corrected chi connectivity index (χ2v) is 8.77. The van der Waals surface area contributed by atoms with Crippen LogP contribution in [-0.4, -0.2) is 25.6 Å². The highest BCUT2D eigenvalue weighted by molar-refractivity contribution is 5.81. The van der Waals surface area contributed by atoms with E-state index in [0.717, 1.165) is 44.7 Å². The molecule has 2 aliphatic rings. The van der Waals surface area contributed by atoms with E-state index in [0.29, 0.717) is 5.92 Å². The van der Waals surface area contributed by atoms with Crippen LogP contribution in [0, 0.1) is 5.92 Å². The molecule has 0 unspecified atom stereocenters. The predicted molar refractivity (Wildman–Crippen MR) is 122 cm³/mol. The number of anilines is 1. The van der Waals surface area contributed by atoms with Gasteiger partial charge < -0.3 is 15.0 Å². The van der Waals surface area contributed by atoms with Gasteiger partial charge in [-0.25, -0.2) is 0 Å². The van der Waals surface area contributed by atoms with E-state index in [-0.39, 0.29) is 17.9 Å². The van der Waals surface area contributed by atoms with Crippen LogP contribution in [0.15, 0.2) is 48.5 Å². The maximum atomic E-state index is 12.0. The van der Waals surface area contributed by atoms with Gasteiger partial charge in [-0.3, -0.25) is 4.79 Å². The van der Waals surface area contributed by atoms with Crippen molar-refractivity contribution in [3.8, 4) is 5.75 Å². The van der Waals surface area contributed by atoms with E-state index in [1.807, 2.05) is 0 Å². The van der Waals surface area contributed by atoms with Gasteiger partial charge >= 0.3 is 0 Å². The van der Waals surface area contributed by atoms with Gasteiger partial charge in [0.25, 0.3) is 0 Å². The first-order valence-corrected chi connectivity index (χ1v) is 11.5. The molecule has 2 aromatic carbocycles. The van der Waals surface area contributed by atoms with Gasteiger partial charge in [-0.15, -0.1) is 0 Å². The Bertz CT molecular complexity index is 819. The van der Waals surface area contributed by atoms with Crippen molar-refractivity contribution in [3.05, 3.63) is 59.7 Å². The molecule has 2 aromatic rings. The van der Waals surface area contributed by atoms with Crippen LogP contribution in [0.4, 0.5) is 5.69 Å². The summed E-state index contributed by atoms with van der Waals surface area (Å²) in [6.07, 6.45) is 5.47. The fourth-order valence-corrected chi connectivity index (χ4v) is 4.26. The number of ether oxygens (including phenoxy) is 1. The molecule has 1 heterocycles. The third-order valence-corrected chi connectivity index (χ3v) is 6.38. The van der Waals surface area contributed by atoms with E-state index in [1.165, 1.54) is 29.7 Å². The molecule has 1 amide bonds. The average Bonchev–Trinajstić information content (AvgIpc) is 3.64. The van der Waals surface area contributed by atoms with Crippen molar-refractivity contribution in [2.24, 2.45) is 5.92 Å². The van der Waals surface area contributed by atoms with Gasteiger partial charge in [0.2, 0.25) is 5.91 Å². The van der Waals surface area contributed by atoms with Crippen LogP contribution in [0.1, 0.15) is 69.0 Å². The van der Waals surface area contributed by atoms with Crippen molar-refractivity contribution in [1.82, 2.24) is 5.32 Å². The monoisotopic (exact) mass is 406 g/mol. The van der Waals surface area contributed by atoms with Crippen molar-refractivity contribution < 1.29 is 9.53 Å². The van der Waals surface area contributed by atoms with E-state index in [9.17, 15) is 4.79 Å². The summed E-state index contributed by atoms with van der Waals surface area (Å²) in [7, 11) is 0. The Hall–Kier alpha value is -2.49. The van der Waals surface area contributed by atoms with E-state index in [4.69, 9.17) is 4.74 Å². The van der Waals surface area contributed by atoms with E-state index in [1.54, 1.807) is 0 Å². The van der Waals surface area contributed by atoms with Crippen LogP contribution < -0.4 is 15.0 Å². The summed E-state index contributed by atoms with van der Waals surface area (Å²) < 4.78 is 5.69. The minimum Gasteiger partial charge on any atom is -0.494 e. The van der Waals surface area contributed by atoms with Crippen molar-refractivity contribution in [3.63, 3.8) is 0 Å². The molecule has 0 radical (unpaired) electrons. The van der Waals surface area contributed by atoms with Crippen molar-refractivity contribution in [1.29, 1.82) is 0 Å². The van der Waals surface area contributed by atoms with E-state index in [2.05, 4.69) is 72.6 Å². The molecule has 160 valence electrons. The molecule has 30 heavy (non-hydrogen) atoms. The zero-order chi connectivity index (χ0) is 20.9. The molecule has 1 atom stereocenters. The molecule has 0 bridgehead atoms. The zero-order valence-electron chi connectivity index (χ0n) is 18.3. The summed E-state index contributed by atoms with van der Waals surface area (Å²) in [6.45, 7) is 7.13. The summed E-state index contributed by atoms with van der Waals surface area (Å²) >= 11 is 0. The molecule has 1 N–H and O–H groups in total. The minimum absolute atomic E-state index is 0.0817. The minimum atomic E-state index is 0.0817. The van der Waals surface area contributed by atoms with Crippen LogP contribution in [0.25, 0.3) is 0 Å².